The number of nitrogens with zero attached hydrogens (tertiary/aromatic N) is 3. The number of para-hydroxylation sites is 1. The van der Waals surface area contributed by atoms with Crippen LogP contribution in [0.15, 0.2) is 34.5 Å². The second kappa shape index (κ2) is 3.90. The second-order valence-electron chi connectivity index (χ2n) is 3.29. The first-order chi connectivity index (χ1) is 7.61. The molecule has 0 aliphatic heterocycles. The van der Waals surface area contributed by atoms with Crippen LogP contribution in [0.4, 0.5) is 5.69 Å². The average Bonchev–Trinajstić information content (AvgIpc) is 2.50. The maximum Gasteiger partial charge on any atom is 0.220 e. The van der Waals surface area contributed by atoms with Crippen LogP contribution in [0, 0.1) is 0 Å². The van der Waals surface area contributed by atoms with Crippen LogP contribution >= 0.6 is 12.2 Å². The third-order valence-electron chi connectivity index (χ3n) is 2.30. The molecule has 6 heteroatoms. The molecule has 16 heavy (non-hydrogen) atoms. The molecule has 0 bridgehead atoms. The van der Waals surface area contributed by atoms with E-state index in [0.29, 0.717) is 5.69 Å². The molecule has 0 saturated carbocycles. The van der Waals surface area contributed by atoms with Gasteiger partial charge < -0.3 is 15.4 Å². The average molecular weight is 234 g/mol. The van der Waals surface area contributed by atoms with E-state index in [4.69, 9.17) is 5.73 Å². The van der Waals surface area contributed by atoms with Crippen molar-refractivity contribution in [2.75, 3.05) is 0 Å². The Bertz CT molecular complexity index is 588. The molecular weight excluding hydrogens is 224 g/mol. The molecule has 82 valence electrons. The molecular formula is C10H10N4OS. The predicted molar refractivity (Wildman–Crippen MR) is 65.9 cm³/mol. The number of hydrogen-bond acceptors (Lipinski definition) is 3. The van der Waals surface area contributed by atoms with Gasteiger partial charge in [-0.25, -0.2) is 0 Å². The Hall–Kier alpha value is -1.95. The van der Waals surface area contributed by atoms with Crippen molar-refractivity contribution in [3.63, 3.8) is 0 Å². The van der Waals surface area contributed by atoms with E-state index >= 15 is 0 Å². The number of benzene rings is 1. The Balaban J connectivity index is 2.69. The zero-order valence-electron chi connectivity index (χ0n) is 8.58. The number of thiocarbonyl (C=S) groups is 1. The van der Waals surface area contributed by atoms with Crippen LogP contribution in [0.25, 0.3) is 10.9 Å². The molecule has 2 rings (SSSR count). The lowest BCUT2D eigenvalue weighted by molar-refractivity contribution is 0.436. The Morgan fingerprint density at radius 1 is 1.44 bits per heavy atom. The van der Waals surface area contributed by atoms with Crippen LogP contribution in [0.2, 0.25) is 0 Å². The summed E-state index contributed by atoms with van der Waals surface area (Å²) in [6.45, 7) is 0. The number of fused-ring (bicyclic) bond motifs is 1. The lowest BCUT2D eigenvalue weighted by Crippen LogP contribution is -2.01. The second-order valence-corrected chi connectivity index (χ2v) is 3.70. The summed E-state index contributed by atoms with van der Waals surface area (Å²) in [6.07, 6.45) is 0. The van der Waals surface area contributed by atoms with Crippen molar-refractivity contribution >= 4 is 33.9 Å². The maximum atomic E-state index is 9.86. The molecule has 0 saturated heterocycles. The van der Waals surface area contributed by atoms with Gasteiger partial charge in [0.15, 0.2) is 5.69 Å². The monoisotopic (exact) mass is 234 g/mol. The molecule has 0 fully saturated rings. The van der Waals surface area contributed by atoms with Gasteiger partial charge in [-0.15, -0.1) is 10.2 Å². The van der Waals surface area contributed by atoms with Crippen molar-refractivity contribution in [2.24, 2.45) is 23.0 Å². The number of rotatable bonds is 1. The highest BCUT2D eigenvalue weighted by atomic mass is 32.1. The highest BCUT2D eigenvalue weighted by Crippen LogP contribution is 2.37. The molecule has 2 aromatic rings. The molecule has 0 spiro atoms. The fraction of sp³-hybridized carbons (Fsp3) is 0.100. The smallest absolute Gasteiger partial charge is 0.220 e. The number of nitrogens with two attached hydrogens (primary N) is 1. The summed E-state index contributed by atoms with van der Waals surface area (Å²) in [5, 5.41) is 18.0. The van der Waals surface area contributed by atoms with Crippen molar-refractivity contribution in [3.8, 4) is 5.88 Å². The highest BCUT2D eigenvalue weighted by molar-refractivity contribution is 7.80. The summed E-state index contributed by atoms with van der Waals surface area (Å²) in [5.41, 5.74) is 6.48. The standard InChI is InChI=1S/C10H10N4OS/c1-14-7-5-3-2-4-6(7)8(9(14)15)12-13-10(11)16/h2-5,15H,1H3,(H2,11,16). The first-order valence-corrected chi connectivity index (χ1v) is 4.99. The third-order valence-corrected chi connectivity index (χ3v) is 2.38. The number of aromatic nitrogens is 1. The van der Waals surface area contributed by atoms with Gasteiger partial charge in [0.05, 0.1) is 5.52 Å². The lowest BCUT2D eigenvalue weighted by atomic mass is 10.2. The van der Waals surface area contributed by atoms with Crippen LogP contribution in [0.1, 0.15) is 0 Å². The van der Waals surface area contributed by atoms with Gasteiger partial charge in [0.1, 0.15) is 0 Å². The molecule has 0 radical (unpaired) electrons. The minimum absolute atomic E-state index is 0.0428. The number of azo groups is 1. The summed E-state index contributed by atoms with van der Waals surface area (Å²) < 4.78 is 1.63. The van der Waals surface area contributed by atoms with E-state index < -0.39 is 0 Å². The molecule has 0 atom stereocenters. The Labute approximate surface area is 97.2 Å². The van der Waals surface area contributed by atoms with E-state index in [-0.39, 0.29) is 11.0 Å². The molecule has 0 aliphatic rings. The largest absolute Gasteiger partial charge is 0.493 e. The molecule has 0 amide bonds. The van der Waals surface area contributed by atoms with Gasteiger partial charge >= 0.3 is 0 Å². The van der Waals surface area contributed by atoms with E-state index in [1.54, 1.807) is 11.6 Å². The summed E-state index contributed by atoms with van der Waals surface area (Å²) in [7, 11) is 1.75. The Kier molecular flexibility index (Phi) is 2.57. The predicted octanol–water partition coefficient (Wildman–Crippen LogP) is 2.21. The molecule has 0 unspecified atom stereocenters. The van der Waals surface area contributed by atoms with Gasteiger partial charge in [0.2, 0.25) is 11.0 Å². The first kappa shape index (κ1) is 10.6. The van der Waals surface area contributed by atoms with Crippen molar-refractivity contribution in [2.45, 2.75) is 0 Å². The summed E-state index contributed by atoms with van der Waals surface area (Å²) >= 11 is 4.60. The summed E-state index contributed by atoms with van der Waals surface area (Å²) in [6, 6.07) is 7.48. The minimum atomic E-state index is -0.0627. The van der Waals surface area contributed by atoms with Gasteiger partial charge in [-0.1, -0.05) is 18.2 Å². The lowest BCUT2D eigenvalue weighted by Gasteiger charge is -1.94. The van der Waals surface area contributed by atoms with E-state index in [0.717, 1.165) is 10.9 Å². The summed E-state index contributed by atoms with van der Waals surface area (Å²) in [5.74, 6) is 0.0428. The Morgan fingerprint density at radius 2 is 2.12 bits per heavy atom. The normalized spacial score (nSPS) is 11.3. The third kappa shape index (κ3) is 1.63. The number of aromatic hydroxyl groups is 1. The first-order valence-electron chi connectivity index (χ1n) is 4.59. The van der Waals surface area contributed by atoms with Gasteiger partial charge in [-0.2, -0.15) is 0 Å². The molecule has 5 nitrogen and oxygen atoms in total. The van der Waals surface area contributed by atoms with Crippen LogP contribution in [0.5, 0.6) is 5.88 Å². The van der Waals surface area contributed by atoms with Crippen molar-refractivity contribution < 1.29 is 5.11 Å². The van der Waals surface area contributed by atoms with E-state index in [2.05, 4.69) is 22.4 Å². The molecule has 0 aliphatic carbocycles. The zero-order valence-corrected chi connectivity index (χ0v) is 9.40. The van der Waals surface area contributed by atoms with Crippen LogP contribution in [0.3, 0.4) is 0 Å². The van der Waals surface area contributed by atoms with Gasteiger partial charge in [-0.3, -0.25) is 0 Å². The molecule has 1 heterocycles. The number of aryl methyl sites for hydroxylation is 1. The molecule has 3 N–H and O–H groups in total. The van der Waals surface area contributed by atoms with Crippen LogP contribution in [-0.4, -0.2) is 14.8 Å². The number of hydrogen-bond donors (Lipinski definition) is 2. The quantitative estimate of drug-likeness (QED) is 0.586. The maximum absolute atomic E-state index is 9.86. The minimum Gasteiger partial charge on any atom is -0.493 e. The zero-order chi connectivity index (χ0) is 11.7. The summed E-state index contributed by atoms with van der Waals surface area (Å²) in [4.78, 5) is 0. The van der Waals surface area contributed by atoms with Gasteiger partial charge in [-0.05, 0) is 18.3 Å². The molecule has 1 aromatic carbocycles. The molecule has 1 aromatic heterocycles. The van der Waals surface area contributed by atoms with E-state index in [1.807, 2.05) is 24.3 Å². The fourth-order valence-electron chi connectivity index (χ4n) is 1.56. The highest BCUT2D eigenvalue weighted by Gasteiger charge is 2.13. The van der Waals surface area contributed by atoms with Gasteiger partial charge in [0, 0.05) is 12.4 Å². The van der Waals surface area contributed by atoms with Crippen molar-refractivity contribution in [1.29, 1.82) is 0 Å². The van der Waals surface area contributed by atoms with Gasteiger partial charge in [0.25, 0.3) is 0 Å². The van der Waals surface area contributed by atoms with Crippen LogP contribution in [-0.2, 0) is 7.05 Å². The SMILES string of the molecule is Cn1c(O)c(N=NC(N)=S)c2ccccc21. The fourth-order valence-corrected chi connectivity index (χ4v) is 1.60. The van der Waals surface area contributed by atoms with Crippen molar-refractivity contribution in [1.82, 2.24) is 4.57 Å². The van der Waals surface area contributed by atoms with Crippen molar-refractivity contribution in [3.05, 3.63) is 24.3 Å². The van der Waals surface area contributed by atoms with E-state index in [1.165, 1.54) is 0 Å². The topological polar surface area (TPSA) is 75.9 Å². The van der Waals surface area contributed by atoms with Crippen LogP contribution < -0.4 is 5.73 Å². The van der Waals surface area contributed by atoms with E-state index in [9.17, 15) is 5.11 Å². The Morgan fingerprint density at radius 3 is 2.81 bits per heavy atom.